The first-order valence-electron chi connectivity index (χ1n) is 8.45. The Bertz CT molecular complexity index is 1170. The lowest BCUT2D eigenvalue weighted by atomic mass is 10.2. The Morgan fingerprint density at radius 1 is 1.14 bits per heavy atom. The van der Waals surface area contributed by atoms with Crippen LogP contribution in [0.4, 0.5) is 10.1 Å². The molecule has 0 bridgehead atoms. The van der Waals surface area contributed by atoms with Gasteiger partial charge >= 0.3 is 0 Å². The molecule has 3 aromatic heterocycles. The summed E-state index contributed by atoms with van der Waals surface area (Å²) in [6.07, 6.45) is 8.37. The summed E-state index contributed by atoms with van der Waals surface area (Å²) in [6.45, 7) is 0.734. The molecule has 4 aromatic rings. The van der Waals surface area contributed by atoms with E-state index in [1.807, 2.05) is 6.20 Å². The molecule has 11 heteroatoms. The molecule has 1 aromatic carbocycles. The molecule has 0 atom stereocenters. The highest BCUT2D eigenvalue weighted by Crippen LogP contribution is 2.19. The summed E-state index contributed by atoms with van der Waals surface area (Å²) in [5.74, 6) is -0.753. The van der Waals surface area contributed by atoms with Crippen molar-refractivity contribution in [2.24, 2.45) is 0 Å². The van der Waals surface area contributed by atoms with E-state index in [4.69, 9.17) is 11.6 Å². The van der Waals surface area contributed by atoms with Crippen LogP contribution in [0, 0.1) is 5.82 Å². The third-order valence-corrected chi connectivity index (χ3v) is 4.76. The van der Waals surface area contributed by atoms with Crippen molar-refractivity contribution in [3.8, 4) is 0 Å². The predicted octanol–water partition coefficient (Wildman–Crippen LogP) is 3.64. The highest BCUT2D eigenvalue weighted by molar-refractivity contribution is 9.10. The van der Waals surface area contributed by atoms with Gasteiger partial charge in [0.1, 0.15) is 12.5 Å². The molecule has 1 N–H and O–H groups in total. The van der Waals surface area contributed by atoms with Gasteiger partial charge in [0.2, 0.25) is 0 Å². The maximum absolute atomic E-state index is 13.2. The topological polar surface area (TPSA) is 82.6 Å². The van der Waals surface area contributed by atoms with Crippen molar-refractivity contribution in [3.63, 3.8) is 0 Å². The number of nitrogens with one attached hydrogen (secondary N) is 1. The zero-order valence-corrected chi connectivity index (χ0v) is 17.2. The lowest BCUT2D eigenvalue weighted by Crippen LogP contribution is -2.14. The van der Waals surface area contributed by atoms with Crippen molar-refractivity contribution < 1.29 is 9.18 Å². The summed E-state index contributed by atoms with van der Waals surface area (Å²) in [7, 11) is 0. The summed E-state index contributed by atoms with van der Waals surface area (Å²) in [5, 5.41) is 15.7. The van der Waals surface area contributed by atoms with Crippen molar-refractivity contribution in [1.29, 1.82) is 0 Å². The summed E-state index contributed by atoms with van der Waals surface area (Å²) >= 11 is 9.37. The van der Waals surface area contributed by atoms with E-state index in [1.165, 1.54) is 18.3 Å². The molecule has 0 spiro atoms. The van der Waals surface area contributed by atoms with E-state index in [-0.39, 0.29) is 11.6 Å². The molecule has 0 aliphatic heterocycles. The second kappa shape index (κ2) is 8.18. The van der Waals surface area contributed by atoms with Gasteiger partial charge in [-0.25, -0.2) is 9.07 Å². The van der Waals surface area contributed by atoms with Crippen LogP contribution in [-0.2, 0) is 13.2 Å². The first kappa shape index (κ1) is 19.3. The van der Waals surface area contributed by atoms with Gasteiger partial charge in [-0.15, -0.1) is 0 Å². The second-order valence-electron chi connectivity index (χ2n) is 6.20. The van der Waals surface area contributed by atoms with Crippen molar-refractivity contribution >= 4 is 39.1 Å². The van der Waals surface area contributed by atoms with Crippen LogP contribution in [0.25, 0.3) is 0 Å². The molecule has 0 saturated carbocycles. The SMILES string of the molecule is O=C(Nc1cnn(Cc2ccc(F)cc2Cl)c1)c1ccn(Cn2cc(Br)cn2)n1. The molecule has 3 heterocycles. The average molecular weight is 479 g/mol. The lowest BCUT2D eigenvalue weighted by molar-refractivity contribution is 0.102. The molecular formula is C18H14BrClFN7O. The number of aromatic nitrogens is 6. The monoisotopic (exact) mass is 477 g/mol. The van der Waals surface area contributed by atoms with E-state index in [9.17, 15) is 9.18 Å². The summed E-state index contributed by atoms with van der Waals surface area (Å²) in [5.41, 5.74) is 1.50. The summed E-state index contributed by atoms with van der Waals surface area (Å²) in [4.78, 5) is 12.4. The number of rotatable bonds is 6. The number of hydrogen-bond acceptors (Lipinski definition) is 4. The van der Waals surface area contributed by atoms with E-state index in [0.717, 1.165) is 10.0 Å². The zero-order chi connectivity index (χ0) is 20.4. The Hall–Kier alpha value is -2.98. The van der Waals surface area contributed by atoms with E-state index in [2.05, 4.69) is 36.5 Å². The standard InChI is InChI=1S/C18H14BrClFN7O/c19-13-6-22-28(9-13)11-26-4-3-17(25-26)18(29)24-15-7-23-27(10-15)8-12-1-2-14(21)5-16(12)20/h1-7,9-10H,8,11H2,(H,24,29). The van der Waals surface area contributed by atoms with Gasteiger partial charge in [0.15, 0.2) is 5.69 Å². The second-order valence-corrected chi connectivity index (χ2v) is 7.52. The van der Waals surface area contributed by atoms with Crippen LogP contribution >= 0.6 is 27.5 Å². The van der Waals surface area contributed by atoms with Crippen molar-refractivity contribution in [3.05, 3.63) is 81.8 Å². The summed E-state index contributed by atoms with van der Waals surface area (Å²) < 4.78 is 18.9. The first-order chi connectivity index (χ1) is 14.0. The summed E-state index contributed by atoms with van der Waals surface area (Å²) in [6, 6.07) is 5.81. The number of anilines is 1. The normalized spacial score (nSPS) is 11.0. The molecule has 1 amide bonds. The van der Waals surface area contributed by atoms with Gasteiger partial charge in [-0.2, -0.15) is 15.3 Å². The Morgan fingerprint density at radius 2 is 1.97 bits per heavy atom. The number of benzene rings is 1. The average Bonchev–Trinajstić information content (AvgIpc) is 3.40. The minimum Gasteiger partial charge on any atom is -0.318 e. The maximum Gasteiger partial charge on any atom is 0.276 e. The van der Waals surface area contributed by atoms with Crippen molar-refractivity contribution in [1.82, 2.24) is 29.3 Å². The number of amides is 1. The van der Waals surface area contributed by atoms with Crippen LogP contribution in [0.3, 0.4) is 0 Å². The first-order valence-corrected chi connectivity index (χ1v) is 9.62. The predicted molar refractivity (Wildman–Crippen MR) is 108 cm³/mol. The maximum atomic E-state index is 13.2. The number of nitrogens with zero attached hydrogens (tertiary/aromatic N) is 6. The Labute approximate surface area is 178 Å². The Balaban J connectivity index is 1.39. The molecule has 0 aliphatic carbocycles. The van der Waals surface area contributed by atoms with Gasteiger partial charge in [-0.05, 0) is 39.7 Å². The number of halogens is 3. The minimum atomic E-state index is -0.396. The van der Waals surface area contributed by atoms with E-state index in [1.54, 1.807) is 44.8 Å². The number of carbonyl (C=O) groups excluding carboxylic acids is 1. The van der Waals surface area contributed by atoms with Crippen LogP contribution < -0.4 is 5.32 Å². The van der Waals surface area contributed by atoms with Crippen LogP contribution in [0.5, 0.6) is 0 Å². The van der Waals surface area contributed by atoms with Gasteiger partial charge in [-0.1, -0.05) is 17.7 Å². The van der Waals surface area contributed by atoms with Gasteiger partial charge in [0, 0.05) is 23.6 Å². The van der Waals surface area contributed by atoms with Gasteiger partial charge in [0.25, 0.3) is 5.91 Å². The fraction of sp³-hybridized carbons (Fsp3) is 0.111. The Morgan fingerprint density at radius 3 is 2.72 bits per heavy atom. The molecular weight excluding hydrogens is 465 g/mol. The number of hydrogen-bond donors (Lipinski definition) is 1. The van der Waals surface area contributed by atoms with Gasteiger partial charge < -0.3 is 5.32 Å². The molecule has 0 aliphatic rings. The van der Waals surface area contributed by atoms with E-state index < -0.39 is 5.82 Å². The third-order valence-electron chi connectivity index (χ3n) is 4.00. The third kappa shape index (κ3) is 4.72. The molecule has 4 rings (SSSR count). The highest BCUT2D eigenvalue weighted by Gasteiger charge is 2.12. The minimum absolute atomic E-state index is 0.269. The molecule has 148 valence electrons. The molecule has 0 unspecified atom stereocenters. The fourth-order valence-electron chi connectivity index (χ4n) is 2.66. The quantitative estimate of drug-likeness (QED) is 0.459. The molecule has 0 saturated heterocycles. The zero-order valence-electron chi connectivity index (χ0n) is 14.8. The van der Waals surface area contributed by atoms with Gasteiger partial charge in [0.05, 0.1) is 29.1 Å². The number of carbonyl (C=O) groups is 1. The van der Waals surface area contributed by atoms with Crippen LogP contribution in [0.1, 0.15) is 16.1 Å². The Kier molecular flexibility index (Phi) is 5.45. The van der Waals surface area contributed by atoms with Crippen LogP contribution in [-0.4, -0.2) is 35.2 Å². The highest BCUT2D eigenvalue weighted by atomic mass is 79.9. The van der Waals surface area contributed by atoms with Crippen LogP contribution in [0.15, 0.2) is 59.7 Å². The van der Waals surface area contributed by atoms with E-state index >= 15 is 0 Å². The molecule has 29 heavy (non-hydrogen) atoms. The smallest absolute Gasteiger partial charge is 0.276 e. The molecule has 0 fully saturated rings. The molecule has 0 radical (unpaired) electrons. The largest absolute Gasteiger partial charge is 0.318 e. The van der Waals surface area contributed by atoms with Gasteiger partial charge in [-0.3, -0.25) is 14.2 Å². The lowest BCUT2D eigenvalue weighted by Gasteiger charge is -2.04. The van der Waals surface area contributed by atoms with E-state index in [0.29, 0.717) is 23.9 Å². The molecule has 8 nitrogen and oxygen atoms in total. The van der Waals surface area contributed by atoms with Crippen LogP contribution in [0.2, 0.25) is 5.02 Å². The van der Waals surface area contributed by atoms with Crippen molar-refractivity contribution in [2.75, 3.05) is 5.32 Å². The van der Waals surface area contributed by atoms with Crippen molar-refractivity contribution in [2.45, 2.75) is 13.2 Å². The fourth-order valence-corrected chi connectivity index (χ4v) is 3.21.